The standard InChI is InChI=1S/C12H9F2N/c1-8-2-3-9(6-11(8)14)12-7-10(13)4-5-15-12/h2-7H,1H3. The largest absolute Gasteiger partial charge is 0.256 e. The summed E-state index contributed by atoms with van der Waals surface area (Å²) < 4.78 is 26.1. The Morgan fingerprint density at radius 3 is 2.53 bits per heavy atom. The molecule has 0 radical (unpaired) electrons. The molecule has 0 bridgehead atoms. The lowest BCUT2D eigenvalue weighted by atomic mass is 10.1. The Morgan fingerprint density at radius 1 is 1.07 bits per heavy atom. The van der Waals surface area contributed by atoms with Gasteiger partial charge >= 0.3 is 0 Å². The molecule has 15 heavy (non-hydrogen) atoms. The maximum atomic E-state index is 13.2. The fraction of sp³-hybridized carbons (Fsp3) is 0.0833. The second kappa shape index (κ2) is 3.77. The van der Waals surface area contributed by atoms with E-state index in [4.69, 9.17) is 0 Å². The predicted molar refractivity (Wildman–Crippen MR) is 54.3 cm³/mol. The number of pyridine rings is 1. The fourth-order valence-electron chi connectivity index (χ4n) is 1.31. The van der Waals surface area contributed by atoms with Crippen molar-refractivity contribution in [1.29, 1.82) is 0 Å². The summed E-state index contributed by atoms with van der Waals surface area (Å²) in [6.07, 6.45) is 1.36. The summed E-state index contributed by atoms with van der Waals surface area (Å²) in [4.78, 5) is 3.97. The van der Waals surface area contributed by atoms with E-state index in [0.29, 0.717) is 16.8 Å². The van der Waals surface area contributed by atoms with Crippen LogP contribution < -0.4 is 0 Å². The molecule has 0 fully saturated rings. The molecule has 0 saturated heterocycles. The monoisotopic (exact) mass is 205 g/mol. The highest BCUT2D eigenvalue weighted by Crippen LogP contribution is 2.20. The molecule has 3 heteroatoms. The van der Waals surface area contributed by atoms with E-state index in [2.05, 4.69) is 4.98 Å². The Balaban J connectivity index is 2.50. The summed E-state index contributed by atoms with van der Waals surface area (Å²) in [5.74, 6) is -0.681. The van der Waals surface area contributed by atoms with Gasteiger partial charge in [0.05, 0.1) is 5.69 Å². The van der Waals surface area contributed by atoms with Gasteiger partial charge in [-0.25, -0.2) is 8.78 Å². The molecule has 2 aromatic rings. The number of aryl methyl sites for hydroxylation is 1. The van der Waals surface area contributed by atoms with Gasteiger partial charge in [-0.15, -0.1) is 0 Å². The molecule has 76 valence electrons. The predicted octanol–water partition coefficient (Wildman–Crippen LogP) is 3.34. The van der Waals surface area contributed by atoms with E-state index in [1.807, 2.05) is 0 Å². The van der Waals surface area contributed by atoms with Gasteiger partial charge in [0.2, 0.25) is 0 Å². The minimum atomic E-state index is -0.374. The third kappa shape index (κ3) is 2.01. The SMILES string of the molecule is Cc1ccc(-c2cc(F)ccn2)cc1F. The highest BCUT2D eigenvalue weighted by atomic mass is 19.1. The van der Waals surface area contributed by atoms with Crippen molar-refractivity contribution < 1.29 is 8.78 Å². The first kappa shape index (κ1) is 9.77. The zero-order valence-electron chi connectivity index (χ0n) is 8.17. The Labute approximate surface area is 86.4 Å². The quantitative estimate of drug-likeness (QED) is 0.695. The molecule has 0 saturated carbocycles. The minimum absolute atomic E-state index is 0.307. The van der Waals surface area contributed by atoms with E-state index in [1.165, 1.54) is 24.4 Å². The first-order valence-corrected chi connectivity index (χ1v) is 4.55. The molecule has 0 unspecified atom stereocenters. The fourth-order valence-corrected chi connectivity index (χ4v) is 1.31. The van der Waals surface area contributed by atoms with Gasteiger partial charge in [0.25, 0.3) is 0 Å². The Bertz CT molecular complexity index is 495. The molecule has 1 aromatic carbocycles. The molecule has 1 heterocycles. The van der Waals surface area contributed by atoms with Gasteiger partial charge in [-0.2, -0.15) is 0 Å². The number of hydrogen-bond donors (Lipinski definition) is 0. The maximum Gasteiger partial charge on any atom is 0.126 e. The van der Waals surface area contributed by atoms with Crippen LogP contribution in [0, 0.1) is 18.6 Å². The highest BCUT2D eigenvalue weighted by molar-refractivity contribution is 5.59. The zero-order valence-corrected chi connectivity index (χ0v) is 8.17. The molecule has 1 nitrogen and oxygen atoms in total. The molecule has 0 atom stereocenters. The van der Waals surface area contributed by atoms with Crippen LogP contribution in [-0.4, -0.2) is 4.98 Å². The van der Waals surface area contributed by atoms with Crippen molar-refractivity contribution in [3.05, 3.63) is 53.7 Å². The van der Waals surface area contributed by atoms with Gasteiger partial charge < -0.3 is 0 Å². The van der Waals surface area contributed by atoms with Crippen molar-refractivity contribution in [3.8, 4) is 11.3 Å². The summed E-state index contributed by atoms with van der Waals surface area (Å²) in [6, 6.07) is 7.27. The van der Waals surface area contributed by atoms with Crippen LogP contribution in [0.4, 0.5) is 8.78 Å². The molecule has 1 aromatic heterocycles. The summed E-state index contributed by atoms with van der Waals surface area (Å²) >= 11 is 0. The molecular formula is C12H9F2N. The van der Waals surface area contributed by atoms with Crippen LogP contribution >= 0.6 is 0 Å². The number of halogens is 2. The van der Waals surface area contributed by atoms with Crippen LogP contribution in [0.2, 0.25) is 0 Å². The number of rotatable bonds is 1. The van der Waals surface area contributed by atoms with Crippen molar-refractivity contribution in [2.75, 3.05) is 0 Å². The van der Waals surface area contributed by atoms with Crippen LogP contribution in [0.1, 0.15) is 5.56 Å². The van der Waals surface area contributed by atoms with E-state index >= 15 is 0 Å². The topological polar surface area (TPSA) is 12.9 Å². The number of aromatic nitrogens is 1. The van der Waals surface area contributed by atoms with Gasteiger partial charge in [0, 0.05) is 17.8 Å². The van der Waals surface area contributed by atoms with Crippen molar-refractivity contribution in [3.63, 3.8) is 0 Å². The van der Waals surface area contributed by atoms with E-state index in [1.54, 1.807) is 19.1 Å². The van der Waals surface area contributed by atoms with Gasteiger partial charge in [-0.05, 0) is 24.6 Å². The van der Waals surface area contributed by atoms with Crippen molar-refractivity contribution in [2.24, 2.45) is 0 Å². The Kier molecular flexibility index (Phi) is 2.46. The van der Waals surface area contributed by atoms with E-state index < -0.39 is 0 Å². The molecule has 0 spiro atoms. The molecule has 0 N–H and O–H groups in total. The Morgan fingerprint density at radius 2 is 1.87 bits per heavy atom. The van der Waals surface area contributed by atoms with Gasteiger partial charge in [-0.3, -0.25) is 4.98 Å². The second-order valence-corrected chi connectivity index (χ2v) is 3.32. The lowest BCUT2D eigenvalue weighted by molar-refractivity contribution is 0.618. The molecule has 0 amide bonds. The lowest BCUT2D eigenvalue weighted by Gasteiger charge is -2.02. The Hall–Kier alpha value is -1.77. The first-order valence-electron chi connectivity index (χ1n) is 4.55. The van der Waals surface area contributed by atoms with Crippen LogP contribution in [0.15, 0.2) is 36.5 Å². The van der Waals surface area contributed by atoms with Gasteiger partial charge in [-0.1, -0.05) is 12.1 Å². The molecule has 0 aliphatic carbocycles. The second-order valence-electron chi connectivity index (χ2n) is 3.32. The van der Waals surface area contributed by atoms with E-state index in [-0.39, 0.29) is 11.6 Å². The van der Waals surface area contributed by atoms with E-state index in [9.17, 15) is 8.78 Å². The summed E-state index contributed by atoms with van der Waals surface area (Å²) in [7, 11) is 0. The van der Waals surface area contributed by atoms with Crippen molar-refractivity contribution >= 4 is 0 Å². The highest BCUT2D eigenvalue weighted by Gasteiger charge is 2.03. The average Bonchev–Trinajstić information content (AvgIpc) is 2.22. The van der Waals surface area contributed by atoms with E-state index in [0.717, 1.165) is 0 Å². The summed E-state index contributed by atoms with van der Waals surface area (Å²) in [6.45, 7) is 1.68. The minimum Gasteiger partial charge on any atom is -0.256 e. The van der Waals surface area contributed by atoms with Gasteiger partial charge in [0.1, 0.15) is 11.6 Å². The smallest absolute Gasteiger partial charge is 0.126 e. The van der Waals surface area contributed by atoms with Crippen LogP contribution in [0.5, 0.6) is 0 Å². The normalized spacial score (nSPS) is 10.3. The molecule has 2 rings (SSSR count). The van der Waals surface area contributed by atoms with Crippen LogP contribution in [-0.2, 0) is 0 Å². The third-order valence-electron chi connectivity index (χ3n) is 2.19. The molecule has 0 aliphatic heterocycles. The number of benzene rings is 1. The summed E-state index contributed by atoms with van der Waals surface area (Å²) in [5, 5.41) is 0. The number of hydrogen-bond acceptors (Lipinski definition) is 1. The van der Waals surface area contributed by atoms with Crippen molar-refractivity contribution in [1.82, 2.24) is 4.98 Å². The van der Waals surface area contributed by atoms with Gasteiger partial charge in [0.15, 0.2) is 0 Å². The van der Waals surface area contributed by atoms with Crippen molar-refractivity contribution in [2.45, 2.75) is 6.92 Å². The maximum absolute atomic E-state index is 13.2. The summed E-state index contributed by atoms with van der Waals surface area (Å²) in [5.41, 5.74) is 1.58. The zero-order chi connectivity index (χ0) is 10.8. The first-order chi connectivity index (χ1) is 7.16. The average molecular weight is 205 g/mol. The lowest BCUT2D eigenvalue weighted by Crippen LogP contribution is -1.88. The van der Waals surface area contributed by atoms with Crippen LogP contribution in [0.3, 0.4) is 0 Å². The molecular weight excluding hydrogens is 196 g/mol. The molecule has 0 aliphatic rings. The number of nitrogens with zero attached hydrogens (tertiary/aromatic N) is 1. The van der Waals surface area contributed by atoms with Crippen LogP contribution in [0.25, 0.3) is 11.3 Å². The third-order valence-corrected chi connectivity index (χ3v) is 2.19.